The Kier molecular flexibility index (Phi) is 6.01. The fraction of sp³-hybridized carbons (Fsp3) is 0.316. The van der Waals surface area contributed by atoms with Crippen LogP contribution in [0.2, 0.25) is 0 Å². The summed E-state index contributed by atoms with van der Waals surface area (Å²) < 4.78 is 5.22. The maximum Gasteiger partial charge on any atom is 0.227 e. The number of nitrogens with one attached hydrogen (secondary N) is 1. The molecule has 0 radical (unpaired) electrons. The summed E-state index contributed by atoms with van der Waals surface area (Å²) in [5, 5.41) is 8.82. The van der Waals surface area contributed by atoms with E-state index in [1.165, 1.54) is 0 Å². The lowest BCUT2D eigenvalue weighted by Crippen LogP contribution is -2.21. The lowest BCUT2D eigenvalue weighted by Gasteiger charge is -2.21. The van der Waals surface area contributed by atoms with Crippen LogP contribution in [0, 0.1) is 0 Å². The van der Waals surface area contributed by atoms with Gasteiger partial charge in [-0.25, -0.2) is 0 Å². The molecule has 0 unspecified atom stereocenters. The molecule has 6 nitrogen and oxygen atoms in total. The predicted octanol–water partition coefficient (Wildman–Crippen LogP) is 4.22. The highest BCUT2D eigenvalue weighted by Crippen LogP contribution is 2.22. The van der Waals surface area contributed by atoms with Gasteiger partial charge in [0.1, 0.15) is 0 Å². The zero-order valence-corrected chi connectivity index (χ0v) is 15.8. The Bertz CT molecular complexity index is 824. The maximum absolute atomic E-state index is 12.1. The number of nitrogens with zero attached hydrogens (tertiary/aromatic N) is 3. The van der Waals surface area contributed by atoms with Crippen LogP contribution in [0.3, 0.4) is 0 Å². The van der Waals surface area contributed by atoms with Crippen molar-refractivity contribution in [2.75, 3.05) is 23.3 Å². The van der Waals surface area contributed by atoms with E-state index in [0.29, 0.717) is 24.6 Å². The van der Waals surface area contributed by atoms with Gasteiger partial charge >= 0.3 is 0 Å². The van der Waals surface area contributed by atoms with Crippen molar-refractivity contribution in [2.45, 2.75) is 26.7 Å². The number of carbonyl (C=O) groups excluding carboxylic acids is 1. The van der Waals surface area contributed by atoms with Crippen LogP contribution in [0.15, 0.2) is 46.3 Å². The van der Waals surface area contributed by atoms with Gasteiger partial charge in [-0.3, -0.25) is 4.79 Å². The van der Waals surface area contributed by atoms with E-state index in [9.17, 15) is 4.79 Å². The molecule has 7 heteroatoms. The molecule has 2 heterocycles. The summed E-state index contributed by atoms with van der Waals surface area (Å²) in [6.45, 7) is 6.17. The molecule has 0 fully saturated rings. The highest BCUT2D eigenvalue weighted by molar-refractivity contribution is 7.13. The van der Waals surface area contributed by atoms with Crippen molar-refractivity contribution in [1.82, 2.24) is 10.1 Å². The SMILES string of the molecule is CCN(CC)c1ccc(NC(=O)CCc2nc(-c3cccs3)no2)cc1. The van der Waals surface area contributed by atoms with Crippen molar-refractivity contribution in [3.63, 3.8) is 0 Å². The largest absolute Gasteiger partial charge is 0.372 e. The van der Waals surface area contributed by atoms with Crippen LogP contribution in [0.1, 0.15) is 26.2 Å². The normalized spacial score (nSPS) is 10.7. The quantitative estimate of drug-likeness (QED) is 0.643. The fourth-order valence-corrected chi connectivity index (χ4v) is 3.30. The second-order valence-corrected chi connectivity index (χ2v) is 6.70. The third kappa shape index (κ3) is 4.49. The summed E-state index contributed by atoms with van der Waals surface area (Å²) in [6.07, 6.45) is 0.714. The van der Waals surface area contributed by atoms with Gasteiger partial charge in [0.15, 0.2) is 0 Å². The van der Waals surface area contributed by atoms with Crippen LogP contribution in [-0.2, 0) is 11.2 Å². The standard InChI is InChI=1S/C19H22N4O2S/c1-3-23(4-2)15-9-7-14(8-10-15)20-17(24)11-12-18-21-19(22-25-18)16-6-5-13-26-16/h5-10,13H,3-4,11-12H2,1-2H3,(H,20,24). The predicted molar refractivity (Wildman–Crippen MR) is 105 cm³/mol. The summed E-state index contributed by atoms with van der Waals surface area (Å²) in [7, 11) is 0. The van der Waals surface area contributed by atoms with Gasteiger partial charge in [-0.1, -0.05) is 11.2 Å². The molecule has 0 aliphatic rings. The van der Waals surface area contributed by atoms with Crippen molar-refractivity contribution in [3.05, 3.63) is 47.7 Å². The number of aromatic nitrogens is 2. The highest BCUT2D eigenvalue weighted by atomic mass is 32.1. The molecule has 26 heavy (non-hydrogen) atoms. The van der Waals surface area contributed by atoms with Gasteiger partial charge in [-0.2, -0.15) is 4.98 Å². The lowest BCUT2D eigenvalue weighted by molar-refractivity contribution is -0.116. The second-order valence-electron chi connectivity index (χ2n) is 5.76. The van der Waals surface area contributed by atoms with Gasteiger partial charge in [-0.05, 0) is 49.6 Å². The molecule has 1 N–H and O–H groups in total. The highest BCUT2D eigenvalue weighted by Gasteiger charge is 2.11. The third-order valence-corrected chi connectivity index (χ3v) is 4.92. The summed E-state index contributed by atoms with van der Waals surface area (Å²) >= 11 is 1.55. The molecule has 0 saturated heterocycles. The number of amides is 1. The first kappa shape index (κ1) is 18.1. The van der Waals surface area contributed by atoms with E-state index in [4.69, 9.17) is 4.52 Å². The van der Waals surface area contributed by atoms with E-state index in [-0.39, 0.29) is 5.91 Å². The van der Waals surface area contributed by atoms with E-state index in [0.717, 1.165) is 29.3 Å². The molecular weight excluding hydrogens is 348 g/mol. The number of hydrogen-bond donors (Lipinski definition) is 1. The number of thiophene rings is 1. The van der Waals surface area contributed by atoms with Crippen LogP contribution in [0.25, 0.3) is 10.7 Å². The van der Waals surface area contributed by atoms with Gasteiger partial charge in [0.2, 0.25) is 17.6 Å². The maximum atomic E-state index is 12.1. The Hall–Kier alpha value is -2.67. The first-order chi connectivity index (χ1) is 12.7. The number of anilines is 2. The number of benzene rings is 1. The number of hydrogen-bond acceptors (Lipinski definition) is 6. The second kappa shape index (κ2) is 8.62. The number of rotatable bonds is 8. The molecule has 0 saturated carbocycles. The molecule has 2 aromatic heterocycles. The van der Waals surface area contributed by atoms with Crippen LogP contribution in [0.4, 0.5) is 11.4 Å². The summed E-state index contributed by atoms with van der Waals surface area (Å²) in [6, 6.07) is 11.8. The Morgan fingerprint density at radius 3 is 2.62 bits per heavy atom. The zero-order chi connectivity index (χ0) is 18.4. The van der Waals surface area contributed by atoms with Crippen molar-refractivity contribution < 1.29 is 9.32 Å². The van der Waals surface area contributed by atoms with E-state index >= 15 is 0 Å². The molecule has 1 aromatic carbocycles. The minimum absolute atomic E-state index is 0.0727. The van der Waals surface area contributed by atoms with Gasteiger partial charge in [0, 0.05) is 37.3 Å². The van der Waals surface area contributed by atoms with E-state index in [1.807, 2.05) is 41.8 Å². The fourth-order valence-electron chi connectivity index (χ4n) is 2.65. The Labute approximate surface area is 156 Å². The summed E-state index contributed by atoms with van der Waals surface area (Å²) in [4.78, 5) is 19.7. The molecule has 0 spiro atoms. The molecule has 136 valence electrons. The molecule has 1 amide bonds. The van der Waals surface area contributed by atoms with Crippen molar-refractivity contribution in [1.29, 1.82) is 0 Å². The Morgan fingerprint density at radius 2 is 1.96 bits per heavy atom. The Balaban J connectivity index is 1.51. The third-order valence-electron chi connectivity index (χ3n) is 4.06. The smallest absolute Gasteiger partial charge is 0.227 e. The molecule has 3 rings (SSSR count). The molecular formula is C19H22N4O2S. The number of aryl methyl sites for hydroxylation is 1. The van der Waals surface area contributed by atoms with Gasteiger partial charge in [0.05, 0.1) is 4.88 Å². The molecule has 0 aliphatic heterocycles. The minimum atomic E-state index is -0.0727. The van der Waals surface area contributed by atoms with E-state index in [1.54, 1.807) is 11.3 Å². The molecule has 0 aliphatic carbocycles. The average molecular weight is 370 g/mol. The van der Waals surface area contributed by atoms with E-state index in [2.05, 4.69) is 34.2 Å². The molecule has 3 aromatic rings. The summed E-state index contributed by atoms with van der Waals surface area (Å²) in [5.74, 6) is 0.972. The van der Waals surface area contributed by atoms with E-state index < -0.39 is 0 Å². The lowest BCUT2D eigenvalue weighted by atomic mass is 10.2. The van der Waals surface area contributed by atoms with Crippen molar-refractivity contribution >= 4 is 28.6 Å². The topological polar surface area (TPSA) is 71.3 Å². The monoisotopic (exact) mass is 370 g/mol. The average Bonchev–Trinajstić information content (AvgIpc) is 3.34. The summed E-state index contributed by atoms with van der Waals surface area (Å²) in [5.41, 5.74) is 1.94. The van der Waals surface area contributed by atoms with Crippen LogP contribution in [-0.4, -0.2) is 29.1 Å². The van der Waals surface area contributed by atoms with Gasteiger partial charge in [-0.15, -0.1) is 11.3 Å². The van der Waals surface area contributed by atoms with Gasteiger partial charge < -0.3 is 14.7 Å². The molecule has 0 bridgehead atoms. The van der Waals surface area contributed by atoms with Crippen molar-refractivity contribution in [2.24, 2.45) is 0 Å². The first-order valence-electron chi connectivity index (χ1n) is 8.71. The van der Waals surface area contributed by atoms with Gasteiger partial charge in [0.25, 0.3) is 0 Å². The van der Waals surface area contributed by atoms with Crippen LogP contribution in [0.5, 0.6) is 0 Å². The Morgan fingerprint density at radius 1 is 1.19 bits per heavy atom. The van der Waals surface area contributed by atoms with Crippen LogP contribution < -0.4 is 10.2 Å². The molecule has 0 atom stereocenters. The number of carbonyl (C=O) groups is 1. The van der Waals surface area contributed by atoms with Crippen molar-refractivity contribution in [3.8, 4) is 10.7 Å². The van der Waals surface area contributed by atoms with Crippen LogP contribution >= 0.6 is 11.3 Å². The minimum Gasteiger partial charge on any atom is -0.372 e. The first-order valence-corrected chi connectivity index (χ1v) is 9.59. The zero-order valence-electron chi connectivity index (χ0n) is 14.9.